The van der Waals surface area contributed by atoms with Gasteiger partial charge in [0.2, 0.25) is 0 Å². The average molecular weight is 387 g/mol. The maximum Gasteiger partial charge on any atom is 0.0664 e. The summed E-state index contributed by atoms with van der Waals surface area (Å²) < 4.78 is 0. The van der Waals surface area contributed by atoms with Crippen LogP contribution in [0.5, 0.6) is 0 Å². The number of allylic oxidation sites excluding steroid dienone is 4. The molecule has 2 heteroatoms. The van der Waals surface area contributed by atoms with Gasteiger partial charge < -0.3 is 0 Å². The third kappa shape index (κ3) is 4.17. The molecule has 1 aromatic carbocycles. The second kappa shape index (κ2) is 8.81. The summed E-state index contributed by atoms with van der Waals surface area (Å²) in [4.78, 5) is 10.6. The minimum Gasteiger partial charge on any atom is -0.289 e. The van der Waals surface area contributed by atoms with Gasteiger partial charge in [-0.25, -0.2) is 0 Å². The molecule has 0 saturated heterocycles. The quantitative estimate of drug-likeness (QED) is 0.563. The van der Waals surface area contributed by atoms with Gasteiger partial charge >= 0.3 is 0 Å². The molecule has 1 aliphatic heterocycles. The number of hydrogen-bond acceptors (Lipinski definition) is 2. The van der Waals surface area contributed by atoms with Crippen molar-refractivity contribution in [2.45, 2.75) is 76.7 Å². The van der Waals surface area contributed by atoms with Crippen LogP contribution in [0.3, 0.4) is 0 Å². The first-order chi connectivity index (χ1) is 14.4. The minimum absolute atomic E-state index is 0.520. The number of hydrogen-bond donors (Lipinski definition) is 0. The number of aliphatic imine (C=N–C) groups is 2. The Morgan fingerprint density at radius 3 is 2.59 bits per heavy atom. The lowest BCUT2D eigenvalue weighted by atomic mass is 9.67. The van der Waals surface area contributed by atoms with Crippen LogP contribution in [0.15, 0.2) is 63.6 Å². The van der Waals surface area contributed by atoms with E-state index in [9.17, 15) is 0 Å². The molecule has 152 valence electrons. The van der Waals surface area contributed by atoms with E-state index in [4.69, 9.17) is 9.98 Å². The van der Waals surface area contributed by atoms with E-state index in [2.05, 4.69) is 42.5 Å². The van der Waals surface area contributed by atoms with E-state index in [0.717, 1.165) is 37.6 Å². The Hall–Kier alpha value is -1.96. The van der Waals surface area contributed by atoms with Crippen molar-refractivity contribution in [3.63, 3.8) is 0 Å². The molecule has 2 atom stereocenters. The van der Waals surface area contributed by atoms with E-state index >= 15 is 0 Å². The molecule has 1 heterocycles. The second-order valence-corrected chi connectivity index (χ2v) is 9.36. The SMILES string of the molecule is C1=CC(=NC2CCCCC2)C2=C(CC1)C1CCC1CN=C2CCc1ccccc1. The fourth-order valence-electron chi connectivity index (χ4n) is 5.69. The molecular weight excluding hydrogens is 352 g/mol. The lowest BCUT2D eigenvalue weighted by Gasteiger charge is -2.37. The van der Waals surface area contributed by atoms with Crippen LogP contribution in [0, 0.1) is 11.8 Å². The molecule has 2 unspecified atom stereocenters. The summed E-state index contributed by atoms with van der Waals surface area (Å²) in [6, 6.07) is 11.4. The predicted molar refractivity (Wildman–Crippen MR) is 123 cm³/mol. The highest BCUT2D eigenvalue weighted by atomic mass is 14.8. The molecule has 0 spiro atoms. The van der Waals surface area contributed by atoms with Gasteiger partial charge in [0.25, 0.3) is 0 Å². The Balaban J connectivity index is 1.49. The topological polar surface area (TPSA) is 24.7 Å². The first-order valence-corrected chi connectivity index (χ1v) is 11.9. The van der Waals surface area contributed by atoms with Crippen molar-refractivity contribution in [3.8, 4) is 0 Å². The van der Waals surface area contributed by atoms with Gasteiger partial charge in [-0.15, -0.1) is 0 Å². The molecule has 0 bridgehead atoms. The normalized spacial score (nSPS) is 28.8. The summed E-state index contributed by atoms with van der Waals surface area (Å²) in [6.45, 7) is 1.03. The van der Waals surface area contributed by atoms with Crippen LogP contribution >= 0.6 is 0 Å². The number of benzene rings is 1. The maximum absolute atomic E-state index is 5.36. The van der Waals surface area contributed by atoms with Gasteiger partial charge in [0.05, 0.1) is 11.8 Å². The Morgan fingerprint density at radius 1 is 0.931 bits per heavy atom. The van der Waals surface area contributed by atoms with Crippen molar-refractivity contribution < 1.29 is 0 Å². The van der Waals surface area contributed by atoms with Crippen molar-refractivity contribution in [1.29, 1.82) is 0 Å². The van der Waals surface area contributed by atoms with Gasteiger partial charge in [0, 0.05) is 17.8 Å². The molecule has 0 amide bonds. The van der Waals surface area contributed by atoms with E-state index < -0.39 is 0 Å². The Bertz CT molecular complexity index is 837. The molecule has 0 N–H and O–H groups in total. The number of aryl methyl sites for hydroxylation is 1. The molecule has 3 aliphatic carbocycles. The molecule has 2 saturated carbocycles. The van der Waals surface area contributed by atoms with E-state index in [1.165, 1.54) is 73.9 Å². The first kappa shape index (κ1) is 19.0. The fraction of sp³-hybridized carbons (Fsp3) is 0.556. The maximum atomic E-state index is 5.36. The lowest BCUT2D eigenvalue weighted by molar-refractivity contribution is 0.220. The smallest absolute Gasteiger partial charge is 0.0664 e. The van der Waals surface area contributed by atoms with Crippen molar-refractivity contribution >= 4 is 11.4 Å². The van der Waals surface area contributed by atoms with Crippen molar-refractivity contribution in [2.75, 3.05) is 6.54 Å². The summed E-state index contributed by atoms with van der Waals surface area (Å²) in [6.07, 6.45) is 18.5. The standard InChI is InChI=1S/C27H34N2/c1-3-9-20(10-4-1)15-18-25-27-24(23-17-16-21(23)19-28-25)13-7-8-14-26(27)29-22-11-5-2-6-12-22/h1,3-4,8-10,14,21-23H,2,5-7,11-13,15-19H2. The molecular formula is C27H34N2. The monoisotopic (exact) mass is 386 g/mol. The van der Waals surface area contributed by atoms with Crippen LogP contribution in [-0.2, 0) is 6.42 Å². The minimum atomic E-state index is 0.520. The van der Waals surface area contributed by atoms with Gasteiger partial charge in [-0.05, 0) is 74.8 Å². The Labute approximate surface area is 175 Å². The molecule has 0 aromatic heterocycles. The van der Waals surface area contributed by atoms with Crippen LogP contribution in [0.4, 0.5) is 0 Å². The summed E-state index contributed by atoms with van der Waals surface area (Å²) >= 11 is 0. The van der Waals surface area contributed by atoms with E-state index in [1.807, 2.05) is 0 Å². The van der Waals surface area contributed by atoms with Gasteiger partial charge in [-0.1, -0.05) is 61.2 Å². The third-order valence-electron chi connectivity index (χ3n) is 7.49. The largest absolute Gasteiger partial charge is 0.289 e. The Kier molecular flexibility index (Phi) is 5.78. The van der Waals surface area contributed by atoms with Crippen LogP contribution in [0.25, 0.3) is 0 Å². The van der Waals surface area contributed by atoms with Crippen LogP contribution < -0.4 is 0 Å². The molecule has 5 rings (SSSR count). The van der Waals surface area contributed by atoms with E-state index in [1.54, 1.807) is 5.57 Å². The van der Waals surface area contributed by atoms with E-state index in [0.29, 0.717) is 6.04 Å². The second-order valence-electron chi connectivity index (χ2n) is 9.36. The summed E-state index contributed by atoms with van der Waals surface area (Å²) in [5.74, 6) is 1.54. The molecule has 29 heavy (non-hydrogen) atoms. The molecule has 4 aliphatic rings. The van der Waals surface area contributed by atoms with Crippen molar-refractivity contribution in [2.24, 2.45) is 21.8 Å². The zero-order valence-electron chi connectivity index (χ0n) is 17.7. The molecule has 0 radical (unpaired) electrons. The highest BCUT2D eigenvalue weighted by molar-refractivity contribution is 6.29. The zero-order chi connectivity index (χ0) is 19.5. The molecule has 1 aromatic rings. The van der Waals surface area contributed by atoms with Gasteiger partial charge in [-0.2, -0.15) is 0 Å². The van der Waals surface area contributed by atoms with Gasteiger partial charge in [0.1, 0.15) is 0 Å². The predicted octanol–water partition coefficient (Wildman–Crippen LogP) is 6.52. The lowest BCUT2D eigenvalue weighted by Crippen LogP contribution is -2.30. The number of rotatable bonds is 4. The fourth-order valence-corrected chi connectivity index (χ4v) is 5.69. The average Bonchev–Trinajstić information content (AvgIpc) is 2.99. The highest BCUT2D eigenvalue weighted by Gasteiger charge is 2.38. The van der Waals surface area contributed by atoms with Crippen LogP contribution in [0.2, 0.25) is 0 Å². The first-order valence-electron chi connectivity index (χ1n) is 11.9. The summed E-state index contributed by atoms with van der Waals surface area (Å²) in [5, 5.41) is 0. The third-order valence-corrected chi connectivity index (χ3v) is 7.49. The number of nitrogens with zero attached hydrogens (tertiary/aromatic N) is 2. The molecule has 2 nitrogen and oxygen atoms in total. The molecule has 2 fully saturated rings. The van der Waals surface area contributed by atoms with Crippen LogP contribution in [0.1, 0.15) is 69.8 Å². The van der Waals surface area contributed by atoms with Crippen molar-refractivity contribution in [3.05, 3.63) is 59.2 Å². The van der Waals surface area contributed by atoms with Crippen LogP contribution in [-0.4, -0.2) is 24.0 Å². The zero-order valence-corrected chi connectivity index (χ0v) is 17.7. The highest BCUT2D eigenvalue weighted by Crippen LogP contribution is 2.45. The van der Waals surface area contributed by atoms with E-state index in [-0.39, 0.29) is 0 Å². The van der Waals surface area contributed by atoms with Gasteiger partial charge in [-0.3, -0.25) is 9.98 Å². The van der Waals surface area contributed by atoms with Crippen molar-refractivity contribution in [1.82, 2.24) is 0 Å². The Morgan fingerprint density at radius 2 is 1.79 bits per heavy atom. The summed E-state index contributed by atoms with van der Waals surface area (Å²) in [5.41, 5.74) is 7.19. The summed E-state index contributed by atoms with van der Waals surface area (Å²) in [7, 11) is 0. The number of fused-ring (bicyclic) bond motifs is 2. The van der Waals surface area contributed by atoms with Gasteiger partial charge in [0.15, 0.2) is 0 Å².